The lowest BCUT2D eigenvalue weighted by atomic mass is 10.2. The number of nitrogens with zero attached hydrogens (tertiary/aromatic N) is 2. The molecule has 1 N–H and O–H groups in total. The summed E-state index contributed by atoms with van der Waals surface area (Å²) in [5.41, 5.74) is 0.960. The number of carbonyl (C=O) groups excluding carboxylic acids is 1. The highest BCUT2D eigenvalue weighted by Gasteiger charge is 2.20. The fourth-order valence-corrected chi connectivity index (χ4v) is 2.73. The van der Waals surface area contributed by atoms with Gasteiger partial charge in [-0.25, -0.2) is 4.98 Å². The van der Waals surface area contributed by atoms with Crippen LogP contribution in [0.15, 0.2) is 39.5 Å². The number of benzene rings is 1. The van der Waals surface area contributed by atoms with Crippen LogP contribution in [-0.4, -0.2) is 27.3 Å². The minimum atomic E-state index is -0.200. The number of nitrogens with one attached hydrogen (secondary N) is 1. The third-order valence-electron chi connectivity index (χ3n) is 3.94. The van der Waals surface area contributed by atoms with Crippen LogP contribution in [-0.2, 0) is 6.54 Å². The zero-order valence-electron chi connectivity index (χ0n) is 13.9. The van der Waals surface area contributed by atoms with E-state index in [0.29, 0.717) is 40.4 Å². The molecule has 2 heterocycles. The van der Waals surface area contributed by atoms with Crippen LogP contribution < -0.4 is 5.56 Å². The van der Waals surface area contributed by atoms with Crippen molar-refractivity contribution in [1.82, 2.24) is 14.9 Å². The molecule has 0 saturated carbocycles. The van der Waals surface area contributed by atoms with Crippen molar-refractivity contribution in [2.45, 2.75) is 27.3 Å². The number of aromatic nitrogens is 2. The van der Waals surface area contributed by atoms with E-state index in [1.165, 1.54) is 0 Å². The average Bonchev–Trinajstić information content (AvgIpc) is 2.90. The summed E-state index contributed by atoms with van der Waals surface area (Å²) in [6.45, 7) is 6.20. The molecule has 0 bridgehead atoms. The molecule has 0 unspecified atom stereocenters. The Hall–Kier alpha value is -2.89. The van der Waals surface area contributed by atoms with E-state index in [1.54, 1.807) is 36.1 Å². The number of hydrogen-bond acceptors (Lipinski definition) is 4. The van der Waals surface area contributed by atoms with Crippen LogP contribution in [0.4, 0.5) is 0 Å². The maximum atomic E-state index is 12.7. The molecule has 124 valence electrons. The van der Waals surface area contributed by atoms with Crippen molar-refractivity contribution in [3.63, 3.8) is 0 Å². The molecule has 3 rings (SSSR count). The van der Waals surface area contributed by atoms with Crippen LogP contribution in [0.1, 0.15) is 34.6 Å². The van der Waals surface area contributed by atoms with E-state index in [9.17, 15) is 9.59 Å². The van der Waals surface area contributed by atoms with Crippen molar-refractivity contribution in [3.05, 3.63) is 63.6 Å². The van der Waals surface area contributed by atoms with Gasteiger partial charge in [-0.3, -0.25) is 9.59 Å². The number of carbonyl (C=O) groups is 1. The Morgan fingerprint density at radius 3 is 2.71 bits per heavy atom. The van der Waals surface area contributed by atoms with Gasteiger partial charge in [-0.1, -0.05) is 12.1 Å². The van der Waals surface area contributed by atoms with Crippen molar-refractivity contribution < 1.29 is 9.21 Å². The van der Waals surface area contributed by atoms with E-state index in [-0.39, 0.29) is 18.0 Å². The van der Waals surface area contributed by atoms with Crippen LogP contribution in [0.3, 0.4) is 0 Å². The van der Waals surface area contributed by atoms with Gasteiger partial charge in [0.05, 0.1) is 23.0 Å². The van der Waals surface area contributed by atoms with Crippen molar-refractivity contribution in [3.8, 4) is 0 Å². The van der Waals surface area contributed by atoms with E-state index in [2.05, 4.69) is 9.97 Å². The van der Waals surface area contributed by atoms with Gasteiger partial charge in [-0.2, -0.15) is 0 Å². The smallest absolute Gasteiger partial charge is 0.258 e. The van der Waals surface area contributed by atoms with E-state index in [0.717, 1.165) is 0 Å². The molecule has 0 fully saturated rings. The molecule has 0 spiro atoms. The van der Waals surface area contributed by atoms with Crippen LogP contribution in [0, 0.1) is 13.8 Å². The maximum absolute atomic E-state index is 12.7. The zero-order valence-corrected chi connectivity index (χ0v) is 13.9. The van der Waals surface area contributed by atoms with Gasteiger partial charge in [-0.15, -0.1) is 0 Å². The highest BCUT2D eigenvalue weighted by atomic mass is 16.3. The summed E-state index contributed by atoms with van der Waals surface area (Å²) in [6.07, 6.45) is 0. The second kappa shape index (κ2) is 6.31. The first-order valence-corrected chi connectivity index (χ1v) is 7.84. The number of hydrogen-bond donors (Lipinski definition) is 1. The lowest BCUT2D eigenvalue weighted by Gasteiger charge is -2.20. The largest absolute Gasteiger partial charge is 0.466 e. The lowest BCUT2D eigenvalue weighted by molar-refractivity contribution is 0.0746. The Kier molecular flexibility index (Phi) is 4.20. The Morgan fingerprint density at radius 2 is 2.04 bits per heavy atom. The summed E-state index contributed by atoms with van der Waals surface area (Å²) in [5, 5.41) is 0.539. The van der Waals surface area contributed by atoms with Gasteiger partial charge in [0.15, 0.2) is 0 Å². The van der Waals surface area contributed by atoms with Gasteiger partial charge >= 0.3 is 0 Å². The SMILES string of the molecule is CCN(Cc1nc2ccccc2c(=O)[nH]1)C(=O)c1cc(C)oc1C. The number of H-pyrrole nitrogens is 1. The highest BCUT2D eigenvalue weighted by molar-refractivity contribution is 5.95. The standard InChI is InChI=1S/C18H19N3O3/c1-4-21(18(23)14-9-11(2)24-12(14)3)10-16-19-15-8-6-5-7-13(15)17(22)20-16/h5-9H,4,10H2,1-3H3,(H,19,20,22). The molecule has 0 saturated heterocycles. The molecule has 0 aliphatic heterocycles. The number of aromatic amines is 1. The van der Waals surface area contributed by atoms with Gasteiger partial charge in [0, 0.05) is 6.54 Å². The number of amides is 1. The zero-order chi connectivity index (χ0) is 17.3. The normalized spacial score (nSPS) is 11.0. The van der Waals surface area contributed by atoms with Gasteiger partial charge in [-0.05, 0) is 39.0 Å². The van der Waals surface area contributed by atoms with Gasteiger partial charge in [0.2, 0.25) is 0 Å². The highest BCUT2D eigenvalue weighted by Crippen LogP contribution is 2.17. The maximum Gasteiger partial charge on any atom is 0.258 e. The quantitative estimate of drug-likeness (QED) is 0.800. The molecule has 1 amide bonds. The second-order valence-electron chi connectivity index (χ2n) is 5.68. The number of fused-ring (bicyclic) bond motifs is 1. The van der Waals surface area contributed by atoms with Gasteiger partial charge in [0.25, 0.3) is 11.5 Å². The molecule has 1 aromatic carbocycles. The Labute approximate surface area is 139 Å². The summed E-state index contributed by atoms with van der Waals surface area (Å²) < 4.78 is 5.44. The number of rotatable bonds is 4. The summed E-state index contributed by atoms with van der Waals surface area (Å²) in [5.74, 6) is 1.62. The van der Waals surface area contributed by atoms with Gasteiger partial charge in [0.1, 0.15) is 17.3 Å². The number of aryl methyl sites for hydroxylation is 2. The van der Waals surface area contributed by atoms with Crippen molar-refractivity contribution in [1.29, 1.82) is 0 Å². The Morgan fingerprint density at radius 1 is 1.29 bits per heavy atom. The predicted octanol–water partition coefficient (Wildman–Crippen LogP) is 2.80. The van der Waals surface area contributed by atoms with Crippen molar-refractivity contribution >= 4 is 16.8 Å². The molecule has 24 heavy (non-hydrogen) atoms. The summed E-state index contributed by atoms with van der Waals surface area (Å²) in [6, 6.07) is 8.88. The van der Waals surface area contributed by atoms with Crippen LogP contribution in [0.5, 0.6) is 0 Å². The first-order valence-electron chi connectivity index (χ1n) is 7.84. The summed E-state index contributed by atoms with van der Waals surface area (Å²) in [7, 11) is 0. The van der Waals surface area contributed by atoms with Crippen LogP contribution in [0.2, 0.25) is 0 Å². The molecule has 0 atom stereocenters. The third kappa shape index (κ3) is 2.95. The number of furan rings is 1. The molecule has 0 radical (unpaired) electrons. The molecule has 0 aliphatic rings. The predicted molar refractivity (Wildman–Crippen MR) is 91.0 cm³/mol. The monoisotopic (exact) mass is 325 g/mol. The summed E-state index contributed by atoms with van der Waals surface area (Å²) >= 11 is 0. The molecular formula is C18H19N3O3. The Balaban J connectivity index is 1.92. The Bertz CT molecular complexity index is 956. The summed E-state index contributed by atoms with van der Waals surface area (Å²) in [4.78, 5) is 33.7. The van der Waals surface area contributed by atoms with E-state index >= 15 is 0 Å². The van der Waals surface area contributed by atoms with Gasteiger partial charge < -0.3 is 14.3 Å². The lowest BCUT2D eigenvalue weighted by Crippen LogP contribution is -2.32. The topological polar surface area (TPSA) is 79.2 Å². The fourth-order valence-electron chi connectivity index (χ4n) is 2.73. The minimum Gasteiger partial charge on any atom is -0.466 e. The first kappa shape index (κ1) is 16.0. The van der Waals surface area contributed by atoms with E-state index in [1.807, 2.05) is 19.9 Å². The molecule has 6 heteroatoms. The van der Waals surface area contributed by atoms with E-state index < -0.39 is 0 Å². The molecular weight excluding hydrogens is 306 g/mol. The second-order valence-corrected chi connectivity index (χ2v) is 5.68. The third-order valence-corrected chi connectivity index (χ3v) is 3.94. The fraction of sp³-hybridized carbons (Fsp3) is 0.278. The van der Waals surface area contributed by atoms with E-state index in [4.69, 9.17) is 4.42 Å². The number of para-hydroxylation sites is 1. The molecule has 2 aromatic heterocycles. The van der Waals surface area contributed by atoms with Crippen molar-refractivity contribution in [2.75, 3.05) is 6.54 Å². The minimum absolute atomic E-state index is 0.136. The molecule has 3 aromatic rings. The first-order chi connectivity index (χ1) is 11.5. The van der Waals surface area contributed by atoms with Crippen LogP contribution >= 0.6 is 0 Å². The van der Waals surface area contributed by atoms with Crippen molar-refractivity contribution in [2.24, 2.45) is 0 Å². The molecule has 0 aliphatic carbocycles. The van der Waals surface area contributed by atoms with Crippen LogP contribution in [0.25, 0.3) is 10.9 Å². The molecule has 6 nitrogen and oxygen atoms in total. The average molecular weight is 325 g/mol.